The normalized spacial score (nSPS) is 18.9. The van der Waals surface area contributed by atoms with Crippen molar-refractivity contribution in [2.24, 2.45) is 0 Å². The van der Waals surface area contributed by atoms with Crippen molar-refractivity contribution in [3.63, 3.8) is 0 Å². The van der Waals surface area contributed by atoms with Gasteiger partial charge in [-0.2, -0.15) is 4.98 Å². The van der Waals surface area contributed by atoms with Crippen LogP contribution >= 0.6 is 11.6 Å². The van der Waals surface area contributed by atoms with Crippen molar-refractivity contribution in [3.8, 4) is 0 Å². The molecule has 2 N–H and O–H groups in total. The summed E-state index contributed by atoms with van der Waals surface area (Å²) in [6, 6.07) is 0. The first kappa shape index (κ1) is 13.9. The molecule has 0 spiro atoms. The zero-order valence-corrected chi connectivity index (χ0v) is 12.3. The zero-order valence-electron chi connectivity index (χ0n) is 11.6. The number of amides is 1. The summed E-state index contributed by atoms with van der Waals surface area (Å²) in [7, 11) is 1.79. The van der Waals surface area contributed by atoms with Crippen LogP contribution in [0.15, 0.2) is 0 Å². The Bertz CT molecular complexity index is 531. The first-order valence-corrected chi connectivity index (χ1v) is 6.45. The van der Waals surface area contributed by atoms with E-state index in [1.54, 1.807) is 18.9 Å². The molecule has 0 atom stereocenters. The topological polar surface area (TPSA) is 75.4 Å². The molecule has 2 heterocycles. The molecule has 1 aliphatic rings. The van der Waals surface area contributed by atoms with Crippen LogP contribution in [0.4, 0.5) is 11.5 Å². The number of hydrogen-bond donors (Lipinski definition) is 1. The highest BCUT2D eigenvalue weighted by Gasteiger charge is 2.42. The summed E-state index contributed by atoms with van der Waals surface area (Å²) in [6.07, 6.45) is 0. The van der Waals surface area contributed by atoms with Crippen molar-refractivity contribution in [2.45, 2.75) is 26.3 Å². The second-order valence-electron chi connectivity index (χ2n) is 5.25. The Kier molecular flexibility index (Phi) is 3.30. The average molecular weight is 284 g/mol. The average Bonchev–Trinajstić information content (AvgIpc) is 2.32. The van der Waals surface area contributed by atoms with Gasteiger partial charge in [-0.05, 0) is 32.4 Å². The number of halogens is 1. The Hall–Kier alpha value is -1.56. The fourth-order valence-electron chi connectivity index (χ4n) is 2.32. The molecule has 1 aromatic rings. The van der Waals surface area contributed by atoms with Crippen LogP contribution < -0.4 is 10.6 Å². The minimum Gasteiger partial charge on any atom is -0.394 e. The molecule has 19 heavy (non-hydrogen) atoms. The second kappa shape index (κ2) is 4.52. The maximum absolute atomic E-state index is 12.3. The standard InChI is InChI=1S/C12H18ClN5O/c1-7-8(14)9(16-11(13)15-7)18-6-5-17(4)10(19)12(18,2)3/h5-6,14H2,1-4H3. The van der Waals surface area contributed by atoms with Crippen LogP contribution in [0, 0.1) is 6.92 Å². The van der Waals surface area contributed by atoms with Gasteiger partial charge in [0.15, 0.2) is 5.82 Å². The van der Waals surface area contributed by atoms with Crippen molar-refractivity contribution in [1.82, 2.24) is 14.9 Å². The maximum atomic E-state index is 12.3. The van der Waals surface area contributed by atoms with Gasteiger partial charge in [0.05, 0.1) is 11.4 Å². The number of carbonyl (C=O) groups is 1. The van der Waals surface area contributed by atoms with Gasteiger partial charge in [-0.3, -0.25) is 4.79 Å². The monoisotopic (exact) mass is 283 g/mol. The van der Waals surface area contributed by atoms with Crippen LogP contribution in [0.25, 0.3) is 0 Å². The van der Waals surface area contributed by atoms with Crippen LogP contribution in [0.3, 0.4) is 0 Å². The van der Waals surface area contributed by atoms with Crippen LogP contribution in [0.5, 0.6) is 0 Å². The van der Waals surface area contributed by atoms with Crippen LogP contribution in [-0.2, 0) is 4.79 Å². The predicted molar refractivity (Wildman–Crippen MR) is 75.3 cm³/mol. The third-order valence-electron chi connectivity index (χ3n) is 3.55. The molecule has 1 saturated heterocycles. The number of nitrogens with zero attached hydrogens (tertiary/aromatic N) is 4. The van der Waals surface area contributed by atoms with E-state index in [2.05, 4.69) is 9.97 Å². The largest absolute Gasteiger partial charge is 0.394 e. The molecule has 6 nitrogen and oxygen atoms in total. The van der Waals surface area contributed by atoms with E-state index in [4.69, 9.17) is 17.3 Å². The Balaban J connectivity index is 2.50. The summed E-state index contributed by atoms with van der Waals surface area (Å²) in [5, 5.41) is 0.142. The second-order valence-corrected chi connectivity index (χ2v) is 5.59. The number of likely N-dealkylation sites (N-methyl/N-ethyl adjacent to an activating group) is 1. The Morgan fingerprint density at radius 3 is 2.58 bits per heavy atom. The molecule has 0 unspecified atom stereocenters. The third-order valence-corrected chi connectivity index (χ3v) is 3.72. The Morgan fingerprint density at radius 2 is 1.95 bits per heavy atom. The SMILES string of the molecule is Cc1nc(Cl)nc(N2CCN(C)C(=O)C2(C)C)c1N. The smallest absolute Gasteiger partial charge is 0.247 e. The molecule has 0 aromatic carbocycles. The lowest BCUT2D eigenvalue weighted by atomic mass is 9.97. The minimum absolute atomic E-state index is 0.0329. The molecule has 1 aliphatic heterocycles. The molecular formula is C12H18ClN5O. The third kappa shape index (κ3) is 2.20. The van der Waals surface area contributed by atoms with Gasteiger partial charge in [-0.1, -0.05) is 0 Å². The molecule has 1 fully saturated rings. The van der Waals surface area contributed by atoms with Gasteiger partial charge in [0.25, 0.3) is 0 Å². The lowest BCUT2D eigenvalue weighted by Gasteiger charge is -2.45. The Labute approximate surface area is 117 Å². The van der Waals surface area contributed by atoms with Crippen molar-refractivity contribution >= 4 is 29.0 Å². The summed E-state index contributed by atoms with van der Waals surface area (Å²) >= 11 is 5.90. The number of nitrogens with two attached hydrogens (primary N) is 1. The molecule has 0 radical (unpaired) electrons. The molecule has 2 rings (SSSR count). The number of aryl methyl sites for hydroxylation is 1. The number of piperazine rings is 1. The van der Waals surface area contributed by atoms with E-state index in [-0.39, 0.29) is 11.2 Å². The molecule has 0 saturated carbocycles. The van der Waals surface area contributed by atoms with E-state index >= 15 is 0 Å². The van der Waals surface area contributed by atoms with Crippen LogP contribution in [0.2, 0.25) is 5.28 Å². The van der Waals surface area contributed by atoms with Crippen molar-refractivity contribution in [2.75, 3.05) is 30.8 Å². The number of aromatic nitrogens is 2. The summed E-state index contributed by atoms with van der Waals surface area (Å²) in [5.74, 6) is 0.564. The van der Waals surface area contributed by atoms with Gasteiger partial charge in [0.2, 0.25) is 11.2 Å². The van der Waals surface area contributed by atoms with Gasteiger partial charge in [-0.15, -0.1) is 0 Å². The number of carbonyl (C=O) groups excluding carboxylic acids is 1. The van der Waals surface area contributed by atoms with E-state index in [0.29, 0.717) is 30.3 Å². The van der Waals surface area contributed by atoms with Crippen LogP contribution in [-0.4, -0.2) is 46.5 Å². The van der Waals surface area contributed by atoms with E-state index in [1.165, 1.54) is 0 Å². The number of rotatable bonds is 1. The van der Waals surface area contributed by atoms with E-state index in [9.17, 15) is 4.79 Å². The van der Waals surface area contributed by atoms with Gasteiger partial charge in [0.1, 0.15) is 5.54 Å². The van der Waals surface area contributed by atoms with E-state index in [1.807, 2.05) is 18.7 Å². The highest BCUT2D eigenvalue weighted by Crippen LogP contribution is 2.32. The van der Waals surface area contributed by atoms with E-state index < -0.39 is 5.54 Å². The van der Waals surface area contributed by atoms with Gasteiger partial charge >= 0.3 is 0 Å². The van der Waals surface area contributed by atoms with Crippen molar-refractivity contribution < 1.29 is 4.79 Å². The van der Waals surface area contributed by atoms with Crippen molar-refractivity contribution in [3.05, 3.63) is 11.0 Å². The molecule has 0 bridgehead atoms. The Morgan fingerprint density at radius 1 is 1.32 bits per heavy atom. The predicted octanol–water partition coefficient (Wildman–Crippen LogP) is 1.08. The zero-order chi connectivity index (χ0) is 14.4. The van der Waals surface area contributed by atoms with Crippen LogP contribution in [0.1, 0.15) is 19.5 Å². The van der Waals surface area contributed by atoms with Crippen molar-refractivity contribution in [1.29, 1.82) is 0 Å². The molecular weight excluding hydrogens is 266 g/mol. The fraction of sp³-hybridized carbons (Fsp3) is 0.583. The first-order chi connectivity index (χ1) is 8.75. The maximum Gasteiger partial charge on any atom is 0.247 e. The molecule has 1 amide bonds. The molecule has 104 valence electrons. The van der Waals surface area contributed by atoms with Gasteiger partial charge in [0, 0.05) is 20.1 Å². The molecule has 1 aromatic heterocycles. The summed E-state index contributed by atoms with van der Waals surface area (Å²) in [6.45, 7) is 6.78. The highest BCUT2D eigenvalue weighted by molar-refractivity contribution is 6.28. The molecule has 0 aliphatic carbocycles. The lowest BCUT2D eigenvalue weighted by Crippen LogP contribution is -2.62. The number of hydrogen-bond acceptors (Lipinski definition) is 5. The summed E-state index contributed by atoms with van der Waals surface area (Å²) < 4.78 is 0. The highest BCUT2D eigenvalue weighted by atomic mass is 35.5. The number of nitrogen functional groups attached to an aromatic ring is 1. The summed E-state index contributed by atoms with van der Waals surface area (Å²) in [4.78, 5) is 24.1. The quantitative estimate of drug-likeness (QED) is 0.781. The van der Waals surface area contributed by atoms with E-state index in [0.717, 1.165) is 0 Å². The summed E-state index contributed by atoms with van der Waals surface area (Å²) in [5.41, 5.74) is 6.42. The van der Waals surface area contributed by atoms with Gasteiger partial charge in [-0.25, -0.2) is 4.98 Å². The lowest BCUT2D eigenvalue weighted by molar-refractivity contribution is -0.136. The fourth-order valence-corrected chi connectivity index (χ4v) is 2.53. The first-order valence-electron chi connectivity index (χ1n) is 6.08. The minimum atomic E-state index is -0.703. The number of anilines is 2. The molecule has 7 heteroatoms. The van der Waals surface area contributed by atoms with Gasteiger partial charge < -0.3 is 15.5 Å².